The number of nitrogens with zero attached hydrogens (tertiary/aromatic N) is 1. The van der Waals surface area contributed by atoms with Gasteiger partial charge in [-0.2, -0.15) is 0 Å². The first-order valence-electron chi connectivity index (χ1n) is 7.68. The first-order valence-corrected chi connectivity index (χ1v) is 7.68. The minimum absolute atomic E-state index is 0.0252. The Hall–Kier alpha value is -2.64. The van der Waals surface area contributed by atoms with E-state index in [1.807, 2.05) is 0 Å². The van der Waals surface area contributed by atoms with Crippen molar-refractivity contribution in [3.8, 4) is 0 Å². The maximum Gasteiger partial charge on any atom is 0.269 e. The lowest BCUT2D eigenvalue weighted by Gasteiger charge is -2.21. The van der Waals surface area contributed by atoms with E-state index in [9.17, 15) is 19.7 Å². The topological polar surface area (TPSA) is 113 Å². The van der Waals surface area contributed by atoms with Crippen molar-refractivity contribution in [3.63, 3.8) is 0 Å². The van der Waals surface area contributed by atoms with Gasteiger partial charge >= 0.3 is 0 Å². The summed E-state index contributed by atoms with van der Waals surface area (Å²) in [4.78, 5) is 33.8. The second-order valence-electron chi connectivity index (χ2n) is 6.47. The van der Waals surface area contributed by atoms with E-state index in [4.69, 9.17) is 0 Å². The number of rotatable bonds is 7. The average molecular weight is 336 g/mol. The first-order chi connectivity index (χ1) is 11.1. The highest BCUT2D eigenvalue weighted by Gasteiger charge is 2.24. The van der Waals surface area contributed by atoms with Crippen LogP contribution < -0.4 is 16.0 Å². The number of amides is 2. The van der Waals surface area contributed by atoms with Crippen LogP contribution in [0.2, 0.25) is 0 Å². The lowest BCUT2D eigenvalue weighted by Crippen LogP contribution is -2.48. The zero-order valence-corrected chi connectivity index (χ0v) is 14.4. The molecular weight excluding hydrogens is 312 g/mol. The van der Waals surface area contributed by atoms with Gasteiger partial charge in [0.05, 0.1) is 4.92 Å². The lowest BCUT2D eigenvalue weighted by molar-refractivity contribution is -0.384. The van der Waals surface area contributed by atoms with Crippen LogP contribution >= 0.6 is 0 Å². The summed E-state index contributed by atoms with van der Waals surface area (Å²) in [5.74, 6) is -0.452. The minimum atomic E-state index is -0.615. The van der Waals surface area contributed by atoms with Crippen LogP contribution in [0.3, 0.4) is 0 Å². The molecule has 0 fully saturated rings. The van der Waals surface area contributed by atoms with Gasteiger partial charge in [0.25, 0.3) is 5.69 Å². The largest absolute Gasteiger partial charge is 0.383 e. The number of nitro groups is 1. The Balaban J connectivity index is 2.32. The molecule has 0 saturated carbocycles. The van der Waals surface area contributed by atoms with Crippen LogP contribution in [0.1, 0.15) is 27.7 Å². The maximum absolute atomic E-state index is 11.9. The lowest BCUT2D eigenvalue weighted by atomic mass is 9.95. The van der Waals surface area contributed by atoms with Crippen molar-refractivity contribution >= 4 is 23.2 Å². The van der Waals surface area contributed by atoms with Crippen LogP contribution in [0.15, 0.2) is 24.3 Å². The van der Waals surface area contributed by atoms with E-state index in [1.54, 1.807) is 39.8 Å². The number of anilines is 1. The molecule has 1 aromatic rings. The van der Waals surface area contributed by atoms with Crippen LogP contribution in [-0.2, 0) is 9.59 Å². The van der Waals surface area contributed by atoms with Crippen molar-refractivity contribution in [2.75, 3.05) is 18.4 Å². The Morgan fingerprint density at radius 2 is 1.75 bits per heavy atom. The molecule has 1 aromatic carbocycles. The van der Waals surface area contributed by atoms with Gasteiger partial charge in [-0.25, -0.2) is 0 Å². The molecule has 0 saturated heterocycles. The van der Waals surface area contributed by atoms with Gasteiger partial charge in [0.2, 0.25) is 11.8 Å². The minimum Gasteiger partial charge on any atom is -0.383 e. The number of carbonyl (C=O) groups excluding carboxylic acids is 2. The van der Waals surface area contributed by atoms with Crippen molar-refractivity contribution in [1.29, 1.82) is 0 Å². The highest BCUT2D eigenvalue weighted by molar-refractivity contribution is 5.89. The zero-order chi connectivity index (χ0) is 18.3. The Bertz CT molecular complexity index is 593. The summed E-state index contributed by atoms with van der Waals surface area (Å²) < 4.78 is 0. The van der Waals surface area contributed by atoms with Crippen LogP contribution in [0, 0.1) is 15.5 Å². The SMILES string of the molecule is CC(NC(=O)C(C)(C)C)C(=O)NCCNc1ccc([N+](=O)[O-])cc1. The molecule has 2 amide bonds. The number of nitro benzene ring substituents is 1. The van der Waals surface area contributed by atoms with Gasteiger partial charge < -0.3 is 16.0 Å². The van der Waals surface area contributed by atoms with E-state index >= 15 is 0 Å². The molecule has 0 aromatic heterocycles. The zero-order valence-electron chi connectivity index (χ0n) is 14.4. The number of non-ortho nitro benzene ring substituents is 1. The summed E-state index contributed by atoms with van der Waals surface area (Å²) in [6.45, 7) is 7.79. The number of carbonyl (C=O) groups is 2. The molecule has 8 heteroatoms. The third kappa shape index (κ3) is 6.23. The third-order valence-corrected chi connectivity index (χ3v) is 3.25. The van der Waals surface area contributed by atoms with Gasteiger partial charge in [-0.3, -0.25) is 19.7 Å². The second kappa shape index (κ2) is 8.28. The summed E-state index contributed by atoms with van der Waals surface area (Å²) >= 11 is 0. The molecule has 0 aliphatic rings. The van der Waals surface area contributed by atoms with E-state index < -0.39 is 16.4 Å². The molecular formula is C16H24N4O4. The van der Waals surface area contributed by atoms with Gasteiger partial charge in [0.1, 0.15) is 6.04 Å². The predicted octanol–water partition coefficient (Wildman–Crippen LogP) is 1.67. The fourth-order valence-electron chi connectivity index (χ4n) is 1.73. The van der Waals surface area contributed by atoms with E-state index in [-0.39, 0.29) is 17.5 Å². The van der Waals surface area contributed by atoms with Gasteiger partial charge in [-0.05, 0) is 19.1 Å². The molecule has 1 atom stereocenters. The molecule has 3 N–H and O–H groups in total. The molecule has 1 unspecified atom stereocenters. The van der Waals surface area contributed by atoms with Crippen molar-refractivity contribution in [2.24, 2.45) is 5.41 Å². The quantitative estimate of drug-likeness (QED) is 0.398. The average Bonchev–Trinajstić information content (AvgIpc) is 2.50. The number of hydrogen-bond donors (Lipinski definition) is 3. The van der Waals surface area contributed by atoms with Gasteiger partial charge in [-0.1, -0.05) is 20.8 Å². The fraction of sp³-hybridized carbons (Fsp3) is 0.500. The fourth-order valence-corrected chi connectivity index (χ4v) is 1.73. The summed E-state index contributed by atoms with van der Waals surface area (Å²) in [6.07, 6.45) is 0. The molecule has 0 aliphatic carbocycles. The van der Waals surface area contributed by atoms with Gasteiger partial charge in [-0.15, -0.1) is 0 Å². The molecule has 0 bridgehead atoms. The Morgan fingerprint density at radius 1 is 1.17 bits per heavy atom. The Labute approximate surface area is 141 Å². The number of nitrogens with one attached hydrogen (secondary N) is 3. The monoisotopic (exact) mass is 336 g/mol. The van der Waals surface area contributed by atoms with E-state index in [1.165, 1.54) is 12.1 Å². The molecule has 0 radical (unpaired) electrons. The first kappa shape index (κ1) is 19.4. The standard InChI is InChI=1S/C16H24N4O4/c1-11(19-15(22)16(2,3)4)14(21)18-10-9-17-12-5-7-13(8-6-12)20(23)24/h5-8,11,17H,9-10H2,1-4H3,(H,18,21)(H,19,22). The van der Waals surface area contributed by atoms with E-state index in [0.717, 1.165) is 5.69 Å². The summed E-state index contributed by atoms with van der Waals surface area (Å²) in [6, 6.07) is 5.41. The molecule has 8 nitrogen and oxygen atoms in total. The normalized spacial score (nSPS) is 12.2. The van der Waals surface area contributed by atoms with Gasteiger partial charge in [0, 0.05) is 36.3 Å². The van der Waals surface area contributed by atoms with Crippen molar-refractivity contribution in [1.82, 2.24) is 10.6 Å². The summed E-state index contributed by atoms with van der Waals surface area (Å²) in [5, 5.41) is 19.0. The number of hydrogen-bond acceptors (Lipinski definition) is 5. The van der Waals surface area contributed by atoms with Crippen molar-refractivity contribution < 1.29 is 14.5 Å². The van der Waals surface area contributed by atoms with Crippen LogP contribution in [-0.4, -0.2) is 35.9 Å². The van der Waals surface area contributed by atoms with Crippen LogP contribution in [0.4, 0.5) is 11.4 Å². The Morgan fingerprint density at radius 3 is 2.25 bits per heavy atom. The maximum atomic E-state index is 11.9. The van der Waals surface area contributed by atoms with Crippen LogP contribution in [0.25, 0.3) is 0 Å². The van der Waals surface area contributed by atoms with Crippen molar-refractivity contribution in [2.45, 2.75) is 33.7 Å². The highest BCUT2D eigenvalue weighted by Crippen LogP contribution is 2.15. The molecule has 0 heterocycles. The smallest absolute Gasteiger partial charge is 0.269 e. The second-order valence-corrected chi connectivity index (χ2v) is 6.47. The Kier molecular flexibility index (Phi) is 6.69. The number of benzene rings is 1. The molecule has 0 aliphatic heterocycles. The van der Waals surface area contributed by atoms with E-state index in [0.29, 0.717) is 13.1 Å². The summed E-state index contributed by atoms with van der Waals surface area (Å²) in [5.41, 5.74) is 0.202. The molecule has 0 spiro atoms. The van der Waals surface area contributed by atoms with Gasteiger partial charge in [0.15, 0.2) is 0 Å². The van der Waals surface area contributed by atoms with Crippen LogP contribution in [0.5, 0.6) is 0 Å². The third-order valence-electron chi connectivity index (χ3n) is 3.25. The molecule has 24 heavy (non-hydrogen) atoms. The summed E-state index contributed by atoms with van der Waals surface area (Å²) in [7, 11) is 0. The van der Waals surface area contributed by atoms with Crippen molar-refractivity contribution in [3.05, 3.63) is 34.4 Å². The highest BCUT2D eigenvalue weighted by atomic mass is 16.6. The predicted molar refractivity (Wildman–Crippen MR) is 91.7 cm³/mol. The molecule has 1 rings (SSSR count). The van der Waals surface area contributed by atoms with E-state index in [2.05, 4.69) is 16.0 Å². The molecule has 132 valence electrons.